The Morgan fingerprint density at radius 3 is 1.83 bits per heavy atom. The third kappa shape index (κ3) is 6.62. The highest BCUT2D eigenvalue weighted by atomic mass is 19.2. The molecule has 2 aliphatic carbocycles. The lowest BCUT2D eigenvalue weighted by molar-refractivity contribution is 0.231. The van der Waals surface area contributed by atoms with E-state index in [9.17, 15) is 13.2 Å². The predicted octanol–water partition coefficient (Wildman–Crippen LogP) is 8.71. The first kappa shape index (κ1) is 22.4. The van der Waals surface area contributed by atoms with Gasteiger partial charge in [-0.05, 0) is 92.7 Å². The van der Waals surface area contributed by atoms with E-state index < -0.39 is 17.5 Å². The summed E-state index contributed by atoms with van der Waals surface area (Å²) < 4.78 is 40.2. The molecule has 1 aromatic rings. The normalized spacial score (nSPS) is 28.1. The summed E-state index contributed by atoms with van der Waals surface area (Å²) in [5.41, 5.74) is 0.631. The maximum atomic E-state index is 13.5. The second-order valence-corrected chi connectivity index (χ2v) is 9.48. The lowest BCUT2D eigenvalue weighted by atomic mass is 9.74. The minimum atomic E-state index is -1.35. The van der Waals surface area contributed by atoms with E-state index >= 15 is 0 Å². The Kier molecular flexibility index (Phi) is 8.68. The van der Waals surface area contributed by atoms with Crippen LogP contribution >= 0.6 is 0 Å². The van der Waals surface area contributed by atoms with Gasteiger partial charge in [-0.25, -0.2) is 13.2 Å². The van der Waals surface area contributed by atoms with Crippen LogP contribution in [0.1, 0.15) is 102 Å². The van der Waals surface area contributed by atoms with Crippen molar-refractivity contribution in [2.45, 2.75) is 96.3 Å². The van der Waals surface area contributed by atoms with E-state index in [1.165, 1.54) is 69.9 Å². The molecule has 0 atom stereocenters. The molecule has 0 spiro atoms. The molecular formula is C26H37F3. The molecule has 0 aliphatic heterocycles. The summed E-state index contributed by atoms with van der Waals surface area (Å²) >= 11 is 0. The van der Waals surface area contributed by atoms with Gasteiger partial charge in [0, 0.05) is 0 Å². The first-order chi connectivity index (χ1) is 14.1. The zero-order chi connectivity index (χ0) is 20.6. The van der Waals surface area contributed by atoms with Crippen LogP contribution in [0.5, 0.6) is 0 Å². The van der Waals surface area contributed by atoms with Gasteiger partial charge in [0.1, 0.15) is 0 Å². The third-order valence-electron chi connectivity index (χ3n) is 7.37. The van der Waals surface area contributed by atoms with E-state index in [1.807, 2.05) is 0 Å². The zero-order valence-corrected chi connectivity index (χ0v) is 17.9. The molecule has 0 unspecified atom stereocenters. The van der Waals surface area contributed by atoms with Crippen LogP contribution in [0, 0.1) is 35.2 Å². The molecule has 1 aromatic carbocycles. The highest BCUT2D eigenvalue weighted by Crippen LogP contribution is 2.40. The lowest BCUT2D eigenvalue weighted by Crippen LogP contribution is -2.18. The maximum absolute atomic E-state index is 13.5. The summed E-state index contributed by atoms with van der Waals surface area (Å²) in [6.07, 6.45) is 20.8. The molecule has 0 aromatic heterocycles. The van der Waals surface area contributed by atoms with Crippen molar-refractivity contribution in [3.63, 3.8) is 0 Å². The van der Waals surface area contributed by atoms with Crippen molar-refractivity contribution in [3.05, 3.63) is 47.3 Å². The first-order valence-corrected chi connectivity index (χ1v) is 11.9. The van der Waals surface area contributed by atoms with Crippen molar-refractivity contribution in [3.8, 4) is 0 Å². The van der Waals surface area contributed by atoms with E-state index in [-0.39, 0.29) is 5.92 Å². The van der Waals surface area contributed by atoms with Gasteiger partial charge in [0.15, 0.2) is 17.5 Å². The summed E-state index contributed by atoms with van der Waals surface area (Å²) in [6.45, 7) is 2.23. The molecule has 2 fully saturated rings. The number of allylic oxidation sites excluding steroid dienone is 2. The third-order valence-corrected chi connectivity index (χ3v) is 7.37. The van der Waals surface area contributed by atoms with E-state index in [1.54, 1.807) is 0 Å². The lowest BCUT2D eigenvalue weighted by Gasteiger charge is -2.32. The Balaban J connectivity index is 1.35. The van der Waals surface area contributed by atoms with E-state index in [4.69, 9.17) is 0 Å². The van der Waals surface area contributed by atoms with Crippen molar-refractivity contribution < 1.29 is 13.2 Å². The van der Waals surface area contributed by atoms with E-state index in [0.717, 1.165) is 43.4 Å². The fourth-order valence-corrected chi connectivity index (χ4v) is 5.40. The molecule has 0 saturated heterocycles. The molecule has 162 valence electrons. The quantitative estimate of drug-likeness (QED) is 0.299. The fraction of sp³-hybridized carbons (Fsp3) is 0.692. The fourth-order valence-electron chi connectivity index (χ4n) is 5.40. The average Bonchev–Trinajstić information content (AvgIpc) is 2.74. The topological polar surface area (TPSA) is 0 Å². The van der Waals surface area contributed by atoms with Gasteiger partial charge < -0.3 is 0 Å². The van der Waals surface area contributed by atoms with Crippen LogP contribution < -0.4 is 0 Å². The number of hydrogen-bond donors (Lipinski definition) is 0. The molecule has 0 N–H and O–H groups in total. The summed E-state index contributed by atoms with van der Waals surface area (Å²) in [4.78, 5) is 0. The van der Waals surface area contributed by atoms with Gasteiger partial charge in [-0.2, -0.15) is 0 Å². The molecule has 0 radical (unpaired) electrons. The van der Waals surface area contributed by atoms with Crippen LogP contribution in [-0.4, -0.2) is 0 Å². The Labute approximate surface area is 175 Å². The van der Waals surface area contributed by atoms with Gasteiger partial charge in [0.25, 0.3) is 0 Å². The number of hydrogen-bond acceptors (Lipinski definition) is 0. The highest BCUT2D eigenvalue weighted by Gasteiger charge is 2.26. The van der Waals surface area contributed by atoms with Crippen molar-refractivity contribution in [1.82, 2.24) is 0 Å². The smallest absolute Gasteiger partial charge is 0.194 e. The molecule has 0 amide bonds. The molecule has 0 bridgehead atoms. The number of rotatable bonds is 8. The van der Waals surface area contributed by atoms with Crippen molar-refractivity contribution in [1.29, 1.82) is 0 Å². The molecule has 3 rings (SSSR count). The van der Waals surface area contributed by atoms with Crippen LogP contribution in [0.2, 0.25) is 0 Å². The zero-order valence-electron chi connectivity index (χ0n) is 17.9. The van der Waals surface area contributed by atoms with Gasteiger partial charge in [-0.3, -0.25) is 0 Å². The summed E-state index contributed by atoms with van der Waals surface area (Å²) in [7, 11) is 0. The molecular weight excluding hydrogens is 369 g/mol. The van der Waals surface area contributed by atoms with Crippen molar-refractivity contribution >= 4 is 0 Å². The molecule has 2 aliphatic rings. The second-order valence-electron chi connectivity index (χ2n) is 9.48. The highest BCUT2D eigenvalue weighted by molar-refractivity contribution is 5.23. The SMILES string of the molecule is CCCC=CCC1CCC(CCC2CCC(c3cc(F)c(F)c(F)c3)CC2)CC1. The van der Waals surface area contributed by atoms with E-state index in [2.05, 4.69) is 19.1 Å². The molecule has 0 heterocycles. The maximum Gasteiger partial charge on any atom is 0.194 e. The minimum Gasteiger partial charge on any atom is -0.204 e. The number of halogens is 3. The van der Waals surface area contributed by atoms with Gasteiger partial charge >= 0.3 is 0 Å². The predicted molar refractivity (Wildman–Crippen MR) is 114 cm³/mol. The van der Waals surface area contributed by atoms with Gasteiger partial charge in [-0.15, -0.1) is 0 Å². The van der Waals surface area contributed by atoms with Crippen LogP contribution in [-0.2, 0) is 0 Å². The van der Waals surface area contributed by atoms with Crippen molar-refractivity contribution in [2.24, 2.45) is 17.8 Å². The molecule has 3 heteroatoms. The molecule has 29 heavy (non-hydrogen) atoms. The Hall–Kier alpha value is -1.25. The minimum absolute atomic E-state index is 0.173. The average molecular weight is 407 g/mol. The second kappa shape index (κ2) is 11.2. The van der Waals surface area contributed by atoms with Crippen LogP contribution in [0.15, 0.2) is 24.3 Å². The number of benzene rings is 1. The summed E-state index contributed by atoms with van der Waals surface area (Å²) in [5.74, 6) is -0.760. The largest absolute Gasteiger partial charge is 0.204 e. The van der Waals surface area contributed by atoms with E-state index in [0.29, 0.717) is 5.56 Å². The molecule has 0 nitrogen and oxygen atoms in total. The first-order valence-electron chi connectivity index (χ1n) is 11.9. The number of unbranched alkanes of at least 4 members (excludes halogenated alkanes) is 1. The van der Waals surface area contributed by atoms with Gasteiger partial charge in [-0.1, -0.05) is 51.2 Å². The monoisotopic (exact) mass is 406 g/mol. The molecule has 2 saturated carbocycles. The van der Waals surface area contributed by atoms with Crippen LogP contribution in [0.3, 0.4) is 0 Å². The Morgan fingerprint density at radius 1 is 0.759 bits per heavy atom. The summed E-state index contributed by atoms with van der Waals surface area (Å²) in [6, 6.07) is 2.39. The van der Waals surface area contributed by atoms with Crippen LogP contribution in [0.25, 0.3) is 0 Å². The van der Waals surface area contributed by atoms with Crippen LogP contribution in [0.4, 0.5) is 13.2 Å². The Bertz CT molecular complexity index is 627. The van der Waals surface area contributed by atoms with Gasteiger partial charge in [0.2, 0.25) is 0 Å². The van der Waals surface area contributed by atoms with Gasteiger partial charge in [0.05, 0.1) is 0 Å². The van der Waals surface area contributed by atoms with Crippen molar-refractivity contribution in [2.75, 3.05) is 0 Å². The summed E-state index contributed by atoms with van der Waals surface area (Å²) in [5, 5.41) is 0. The Morgan fingerprint density at radius 2 is 1.28 bits per heavy atom. The standard InChI is InChI=1S/C26H37F3/c1-2-3-4-5-6-19-7-9-20(10-8-19)11-12-21-13-15-22(16-14-21)23-17-24(27)26(29)25(28)18-23/h4-5,17-22H,2-3,6-16H2,1H3.